The number of hydrogen-bond donors (Lipinski definition) is 2. The number of aliphatic hydroxyl groups excluding tert-OH is 1. The van der Waals surface area contributed by atoms with Crippen molar-refractivity contribution in [2.45, 2.75) is 45.8 Å². The fourth-order valence-corrected chi connectivity index (χ4v) is 0.977. The maximum atomic E-state index is 9.52. The first-order chi connectivity index (χ1) is 6.39. The highest BCUT2D eigenvalue weighted by Gasteiger charge is 2.15. The van der Waals surface area contributed by atoms with Gasteiger partial charge in [-0.2, -0.15) is 0 Å². The summed E-state index contributed by atoms with van der Waals surface area (Å²) in [5.41, 5.74) is -0.0736. The molecule has 0 spiro atoms. The van der Waals surface area contributed by atoms with Crippen molar-refractivity contribution in [3.05, 3.63) is 0 Å². The summed E-state index contributed by atoms with van der Waals surface area (Å²) in [6.45, 7) is 9.71. The second-order valence-corrected chi connectivity index (χ2v) is 4.73. The molecule has 0 saturated heterocycles. The van der Waals surface area contributed by atoms with Gasteiger partial charge in [0.15, 0.2) is 0 Å². The van der Waals surface area contributed by atoms with Crippen LogP contribution in [0.3, 0.4) is 0 Å². The van der Waals surface area contributed by atoms with E-state index in [1.54, 1.807) is 7.11 Å². The zero-order valence-corrected chi connectivity index (χ0v) is 10.1. The summed E-state index contributed by atoms with van der Waals surface area (Å²) in [6, 6.07) is 0. The third-order valence-corrected chi connectivity index (χ3v) is 2.58. The number of aliphatic hydroxyl groups is 1. The number of nitrogens with one attached hydrogen (secondary N) is 1. The standard InChI is InChI=1S/C11H25NO2/c1-9(2)10(13)8-12-7-6-11(3,4)14-5/h9-10,12-13H,6-8H2,1-5H3. The Hall–Kier alpha value is -0.120. The van der Waals surface area contributed by atoms with Crippen LogP contribution in [0.2, 0.25) is 0 Å². The highest BCUT2D eigenvalue weighted by molar-refractivity contribution is 4.70. The lowest BCUT2D eigenvalue weighted by molar-refractivity contribution is 0.0149. The van der Waals surface area contributed by atoms with E-state index >= 15 is 0 Å². The van der Waals surface area contributed by atoms with Gasteiger partial charge in [0.25, 0.3) is 0 Å². The molecule has 0 rings (SSSR count). The van der Waals surface area contributed by atoms with E-state index in [1.165, 1.54) is 0 Å². The van der Waals surface area contributed by atoms with Crippen LogP contribution in [0.15, 0.2) is 0 Å². The fraction of sp³-hybridized carbons (Fsp3) is 1.00. The minimum Gasteiger partial charge on any atom is -0.392 e. The average Bonchev–Trinajstić information content (AvgIpc) is 2.12. The lowest BCUT2D eigenvalue weighted by Crippen LogP contribution is -2.34. The Morgan fingerprint density at radius 3 is 2.36 bits per heavy atom. The zero-order valence-electron chi connectivity index (χ0n) is 10.1. The first kappa shape index (κ1) is 13.9. The van der Waals surface area contributed by atoms with Gasteiger partial charge in [-0.05, 0) is 32.7 Å². The minimum atomic E-state index is -0.249. The Kier molecular flexibility index (Phi) is 6.33. The van der Waals surface area contributed by atoms with Gasteiger partial charge in [-0.3, -0.25) is 0 Å². The van der Waals surface area contributed by atoms with E-state index in [0.717, 1.165) is 13.0 Å². The van der Waals surface area contributed by atoms with Gasteiger partial charge in [-0.25, -0.2) is 0 Å². The van der Waals surface area contributed by atoms with Crippen LogP contribution in [0, 0.1) is 5.92 Å². The smallest absolute Gasteiger partial charge is 0.0687 e. The predicted molar refractivity (Wildman–Crippen MR) is 59.4 cm³/mol. The number of methoxy groups -OCH3 is 1. The molecule has 0 saturated carbocycles. The Morgan fingerprint density at radius 2 is 1.93 bits per heavy atom. The third-order valence-electron chi connectivity index (χ3n) is 2.58. The van der Waals surface area contributed by atoms with E-state index in [-0.39, 0.29) is 11.7 Å². The molecule has 0 aliphatic heterocycles. The van der Waals surface area contributed by atoms with Crippen LogP contribution in [-0.4, -0.2) is 37.0 Å². The molecule has 0 aliphatic carbocycles. The van der Waals surface area contributed by atoms with Crippen molar-refractivity contribution in [1.82, 2.24) is 5.32 Å². The van der Waals surface area contributed by atoms with E-state index < -0.39 is 0 Å². The summed E-state index contributed by atoms with van der Waals surface area (Å²) in [7, 11) is 1.73. The highest BCUT2D eigenvalue weighted by atomic mass is 16.5. The van der Waals surface area contributed by atoms with Gasteiger partial charge in [0.1, 0.15) is 0 Å². The second kappa shape index (κ2) is 6.38. The molecule has 0 radical (unpaired) electrons. The maximum Gasteiger partial charge on any atom is 0.0687 e. The molecular formula is C11H25NO2. The number of ether oxygens (including phenoxy) is 1. The van der Waals surface area contributed by atoms with E-state index in [1.807, 2.05) is 13.8 Å². The summed E-state index contributed by atoms with van der Waals surface area (Å²) in [4.78, 5) is 0. The molecule has 0 aliphatic rings. The van der Waals surface area contributed by atoms with Crippen LogP contribution < -0.4 is 5.32 Å². The summed E-state index contributed by atoms with van der Waals surface area (Å²) in [5, 5.41) is 12.7. The highest BCUT2D eigenvalue weighted by Crippen LogP contribution is 2.11. The van der Waals surface area contributed by atoms with Crippen LogP contribution in [0.5, 0.6) is 0 Å². The molecule has 0 amide bonds. The normalized spacial score (nSPS) is 14.8. The largest absolute Gasteiger partial charge is 0.392 e. The summed E-state index contributed by atoms with van der Waals surface area (Å²) in [5.74, 6) is 0.318. The van der Waals surface area contributed by atoms with Crippen LogP contribution in [0.1, 0.15) is 34.1 Å². The lowest BCUT2D eigenvalue weighted by Gasteiger charge is -2.23. The average molecular weight is 203 g/mol. The van der Waals surface area contributed by atoms with E-state index in [4.69, 9.17) is 4.74 Å². The first-order valence-corrected chi connectivity index (χ1v) is 5.33. The SMILES string of the molecule is COC(C)(C)CCNCC(O)C(C)C. The minimum absolute atomic E-state index is 0.0736. The van der Waals surface area contributed by atoms with Crippen molar-refractivity contribution >= 4 is 0 Å². The second-order valence-electron chi connectivity index (χ2n) is 4.73. The monoisotopic (exact) mass is 203 g/mol. The van der Waals surface area contributed by atoms with Gasteiger partial charge >= 0.3 is 0 Å². The van der Waals surface area contributed by atoms with Crippen LogP contribution in [0.4, 0.5) is 0 Å². The summed E-state index contributed by atoms with van der Waals surface area (Å²) < 4.78 is 5.29. The molecule has 3 nitrogen and oxygen atoms in total. The zero-order chi connectivity index (χ0) is 11.2. The van der Waals surface area contributed by atoms with Crippen LogP contribution in [-0.2, 0) is 4.74 Å². The maximum absolute atomic E-state index is 9.52. The van der Waals surface area contributed by atoms with Crippen molar-refractivity contribution < 1.29 is 9.84 Å². The Balaban J connectivity index is 3.47. The van der Waals surface area contributed by atoms with Gasteiger partial charge in [0.05, 0.1) is 11.7 Å². The topological polar surface area (TPSA) is 41.5 Å². The Morgan fingerprint density at radius 1 is 1.36 bits per heavy atom. The molecule has 2 N–H and O–H groups in total. The van der Waals surface area contributed by atoms with Crippen molar-refractivity contribution in [1.29, 1.82) is 0 Å². The molecule has 0 aromatic carbocycles. The van der Waals surface area contributed by atoms with Gasteiger partial charge in [-0.1, -0.05) is 13.8 Å². The van der Waals surface area contributed by atoms with Gasteiger partial charge in [-0.15, -0.1) is 0 Å². The van der Waals surface area contributed by atoms with Crippen LogP contribution in [0.25, 0.3) is 0 Å². The fourth-order valence-electron chi connectivity index (χ4n) is 0.977. The molecular weight excluding hydrogens is 178 g/mol. The molecule has 1 unspecified atom stereocenters. The molecule has 1 atom stereocenters. The van der Waals surface area contributed by atoms with Gasteiger partial charge in [0.2, 0.25) is 0 Å². The predicted octanol–water partition coefficient (Wildman–Crippen LogP) is 1.41. The number of hydrogen-bond acceptors (Lipinski definition) is 3. The number of rotatable bonds is 7. The molecule has 0 fully saturated rings. The van der Waals surface area contributed by atoms with Crippen LogP contribution >= 0.6 is 0 Å². The molecule has 0 heterocycles. The van der Waals surface area contributed by atoms with E-state index in [2.05, 4.69) is 19.2 Å². The Bertz CT molecular complexity index is 146. The summed E-state index contributed by atoms with van der Waals surface area (Å²) in [6.07, 6.45) is 0.703. The Labute approximate surface area is 87.8 Å². The van der Waals surface area contributed by atoms with Crippen molar-refractivity contribution in [2.75, 3.05) is 20.2 Å². The third kappa shape index (κ3) is 6.35. The molecule has 86 valence electrons. The van der Waals surface area contributed by atoms with Crippen molar-refractivity contribution in [3.8, 4) is 0 Å². The molecule has 14 heavy (non-hydrogen) atoms. The first-order valence-electron chi connectivity index (χ1n) is 5.33. The lowest BCUT2D eigenvalue weighted by atomic mass is 10.0. The summed E-state index contributed by atoms with van der Waals surface area (Å²) >= 11 is 0. The van der Waals surface area contributed by atoms with Crippen molar-refractivity contribution in [2.24, 2.45) is 5.92 Å². The van der Waals surface area contributed by atoms with E-state index in [9.17, 15) is 5.11 Å². The molecule has 0 bridgehead atoms. The van der Waals surface area contributed by atoms with E-state index in [0.29, 0.717) is 12.5 Å². The van der Waals surface area contributed by atoms with Crippen molar-refractivity contribution in [3.63, 3.8) is 0 Å². The molecule has 3 heteroatoms. The molecule has 0 aromatic heterocycles. The molecule has 0 aromatic rings. The van der Waals surface area contributed by atoms with Gasteiger partial charge < -0.3 is 15.2 Å². The quantitative estimate of drug-likeness (QED) is 0.615. The van der Waals surface area contributed by atoms with Gasteiger partial charge in [0, 0.05) is 13.7 Å².